The fourth-order valence-electron chi connectivity index (χ4n) is 0.888. The number of carbonyl (C=O) groups is 1. The largest absolute Gasteiger partial charge is 0.740 e. The van der Waals surface area contributed by atoms with Gasteiger partial charge in [0.05, 0.1) is 0 Å². The first kappa shape index (κ1) is 12.8. The first-order valence-corrected chi connectivity index (χ1v) is 5.69. The smallest absolute Gasteiger partial charge is 0.355 e. The van der Waals surface area contributed by atoms with E-state index in [1.54, 1.807) is 0 Å². The predicted molar refractivity (Wildman–Crippen MR) is 50.3 cm³/mol. The van der Waals surface area contributed by atoms with Gasteiger partial charge in [0.15, 0.2) is 5.75 Å². The summed E-state index contributed by atoms with van der Waals surface area (Å²) in [6.07, 6.45) is 0. The third-order valence-electron chi connectivity index (χ3n) is 1.41. The van der Waals surface area contributed by atoms with Crippen LogP contribution in [0.4, 0.5) is 0 Å². The van der Waals surface area contributed by atoms with Gasteiger partial charge in [0.25, 0.3) is 0 Å². The molecule has 16 heavy (non-hydrogen) atoms. The van der Waals surface area contributed by atoms with E-state index in [-0.39, 0.29) is 11.3 Å². The monoisotopic (exact) mass is 264 g/mol. The molecule has 0 aromatic heterocycles. The zero-order chi connectivity index (χ0) is 12.1. The Bertz CT molecular complexity index is 444. The van der Waals surface area contributed by atoms with Crippen molar-refractivity contribution in [1.29, 1.82) is 0 Å². The van der Waals surface area contributed by atoms with Crippen molar-refractivity contribution in [2.45, 2.75) is 0 Å². The molecule has 1 aromatic carbocycles. The molecule has 0 aliphatic rings. The van der Waals surface area contributed by atoms with Crippen molar-refractivity contribution >= 4 is 28.7 Å². The summed E-state index contributed by atoms with van der Waals surface area (Å²) in [5, 5.41) is 0. The Hall–Kier alpha value is -1.29. The van der Waals surface area contributed by atoms with E-state index >= 15 is 0 Å². The third kappa shape index (κ3) is 3.70. The Balaban J connectivity index is 2.98. The van der Waals surface area contributed by atoms with Crippen molar-refractivity contribution in [2.75, 3.05) is 0 Å². The van der Waals surface area contributed by atoms with Crippen LogP contribution in [0.15, 0.2) is 24.3 Å². The molecule has 0 spiro atoms. The summed E-state index contributed by atoms with van der Waals surface area (Å²) in [4.78, 5) is 11.2. The van der Waals surface area contributed by atoms with Gasteiger partial charge in [-0.1, -0.05) is 12.1 Å². The summed E-state index contributed by atoms with van der Waals surface area (Å²) in [5.74, 6) is -1.54. The molecule has 0 heterocycles. The number of rotatable bonds is 4. The molecule has 0 radical (unpaired) electrons. The van der Waals surface area contributed by atoms with Crippen LogP contribution >= 0.6 is 0 Å². The van der Waals surface area contributed by atoms with Crippen molar-refractivity contribution < 1.29 is 30.7 Å². The second-order valence-electron chi connectivity index (χ2n) is 2.36. The van der Waals surface area contributed by atoms with Crippen LogP contribution in [0.5, 0.6) is 5.75 Å². The van der Waals surface area contributed by atoms with Crippen molar-refractivity contribution in [1.82, 2.24) is 0 Å². The van der Waals surface area contributed by atoms with Gasteiger partial charge in [0.1, 0.15) is 28.3 Å². The molecule has 0 aliphatic carbocycles. The average molecular weight is 264 g/mol. The molecule has 0 bridgehead atoms. The molecule has 0 saturated heterocycles. The maximum absolute atomic E-state index is 11.2. The molecule has 0 amide bonds. The number of benzene rings is 1. The Morgan fingerprint density at radius 2 is 1.75 bits per heavy atom. The third-order valence-corrected chi connectivity index (χ3v) is 2.01. The number of para-hydroxylation sites is 1. The normalized spacial score (nSPS) is 13.9. The Morgan fingerprint density at radius 3 is 2.31 bits per heavy atom. The van der Waals surface area contributed by atoms with Crippen LogP contribution in [-0.4, -0.2) is 23.5 Å². The Kier molecular flexibility index (Phi) is 4.55. The summed E-state index contributed by atoms with van der Waals surface area (Å²) in [6, 6.07) is 5.15. The molecule has 0 saturated carbocycles. The molecule has 1 rings (SSSR count). The molecule has 0 N–H and O–H groups in total. The summed E-state index contributed by atoms with van der Waals surface area (Å²) in [5.41, 5.74) is -0.309. The SMILES string of the molecule is O=C(OS(=O)[O-])c1ccccc1OS(=O)[O-]. The van der Waals surface area contributed by atoms with Gasteiger partial charge < -0.3 is 17.5 Å². The molecule has 0 fully saturated rings. The highest BCUT2D eigenvalue weighted by Crippen LogP contribution is 2.19. The van der Waals surface area contributed by atoms with Crippen LogP contribution < -0.4 is 4.18 Å². The Labute approximate surface area is 95.4 Å². The minimum atomic E-state index is -3.03. The second kappa shape index (κ2) is 5.70. The van der Waals surface area contributed by atoms with Gasteiger partial charge in [-0.15, -0.1) is 0 Å². The molecule has 88 valence electrons. The molecule has 2 atom stereocenters. The van der Waals surface area contributed by atoms with Crippen LogP contribution in [0.2, 0.25) is 0 Å². The number of hydrogen-bond donors (Lipinski definition) is 0. The van der Waals surface area contributed by atoms with Gasteiger partial charge in [-0.2, -0.15) is 0 Å². The van der Waals surface area contributed by atoms with E-state index in [0.29, 0.717) is 0 Å². The van der Waals surface area contributed by atoms with E-state index in [4.69, 9.17) is 0 Å². The second-order valence-corrected chi connectivity index (χ2v) is 3.51. The highest BCUT2D eigenvalue weighted by Gasteiger charge is 2.14. The van der Waals surface area contributed by atoms with Gasteiger partial charge in [-0.3, -0.25) is 0 Å². The van der Waals surface area contributed by atoms with Crippen molar-refractivity contribution in [2.24, 2.45) is 0 Å². The lowest BCUT2D eigenvalue weighted by molar-refractivity contribution is 0.0740. The molecular weight excluding hydrogens is 260 g/mol. The van der Waals surface area contributed by atoms with Crippen LogP contribution in [0, 0.1) is 0 Å². The highest BCUT2D eigenvalue weighted by molar-refractivity contribution is 7.74. The first-order chi connectivity index (χ1) is 7.50. The highest BCUT2D eigenvalue weighted by atomic mass is 32.2. The van der Waals surface area contributed by atoms with E-state index in [9.17, 15) is 22.3 Å². The first-order valence-electron chi connectivity index (χ1n) is 3.69. The van der Waals surface area contributed by atoms with Gasteiger partial charge in [0.2, 0.25) is 0 Å². The molecule has 9 heteroatoms. The molecular formula is C7H4O7S2-2. The maximum atomic E-state index is 11.2. The minimum Gasteiger partial charge on any atom is -0.740 e. The topological polar surface area (TPSA) is 116 Å². The molecule has 2 unspecified atom stereocenters. The van der Waals surface area contributed by atoms with Gasteiger partial charge >= 0.3 is 5.97 Å². The summed E-state index contributed by atoms with van der Waals surface area (Å²) >= 11 is -5.89. The van der Waals surface area contributed by atoms with Gasteiger partial charge in [0, 0.05) is 0 Å². The Morgan fingerprint density at radius 1 is 1.12 bits per heavy atom. The predicted octanol–water partition coefficient (Wildman–Crippen LogP) is -0.190. The fraction of sp³-hybridized carbons (Fsp3) is 0. The van der Waals surface area contributed by atoms with Crippen molar-refractivity contribution in [3.8, 4) is 5.75 Å². The fourth-order valence-corrected chi connectivity index (χ4v) is 1.39. The van der Waals surface area contributed by atoms with E-state index in [1.807, 2.05) is 0 Å². The standard InChI is InChI=1S/C7H6O7S2/c8-7(14-16(11)12)5-3-1-2-4-6(5)13-15(9)10/h1-4H,(H,9,10)(H,11,12)/p-2. The van der Waals surface area contributed by atoms with E-state index < -0.39 is 28.7 Å². The summed E-state index contributed by atoms with van der Waals surface area (Å²) in [6.45, 7) is 0. The maximum Gasteiger partial charge on any atom is 0.355 e. The molecule has 0 aliphatic heterocycles. The van der Waals surface area contributed by atoms with E-state index in [0.717, 1.165) is 6.07 Å². The van der Waals surface area contributed by atoms with E-state index in [1.165, 1.54) is 18.2 Å². The van der Waals surface area contributed by atoms with Gasteiger partial charge in [-0.05, 0) is 12.1 Å². The van der Waals surface area contributed by atoms with Crippen LogP contribution in [-0.2, 0) is 26.9 Å². The van der Waals surface area contributed by atoms with Crippen LogP contribution in [0.1, 0.15) is 10.4 Å². The zero-order valence-corrected chi connectivity index (χ0v) is 9.12. The lowest BCUT2D eigenvalue weighted by atomic mass is 10.2. The molecule has 7 nitrogen and oxygen atoms in total. The van der Waals surface area contributed by atoms with Crippen molar-refractivity contribution in [3.05, 3.63) is 29.8 Å². The van der Waals surface area contributed by atoms with Crippen LogP contribution in [0.3, 0.4) is 0 Å². The average Bonchev–Trinajstić information content (AvgIpc) is 2.16. The summed E-state index contributed by atoms with van der Waals surface area (Å²) < 4.78 is 48.9. The lowest BCUT2D eigenvalue weighted by Gasteiger charge is -2.11. The van der Waals surface area contributed by atoms with Crippen LogP contribution in [0.25, 0.3) is 0 Å². The number of carbonyl (C=O) groups excluding carboxylic acids is 1. The van der Waals surface area contributed by atoms with Gasteiger partial charge in [-0.25, -0.2) is 13.2 Å². The quantitative estimate of drug-likeness (QED) is 0.692. The van der Waals surface area contributed by atoms with E-state index in [2.05, 4.69) is 8.37 Å². The number of hydrogen-bond acceptors (Lipinski definition) is 7. The molecule has 1 aromatic rings. The minimum absolute atomic E-state index is 0.309. The lowest BCUT2D eigenvalue weighted by Crippen LogP contribution is -2.10. The van der Waals surface area contributed by atoms with Crippen molar-refractivity contribution in [3.63, 3.8) is 0 Å². The zero-order valence-electron chi connectivity index (χ0n) is 7.48. The summed E-state index contributed by atoms with van der Waals surface area (Å²) in [7, 11) is 0.